The van der Waals surface area contributed by atoms with Gasteiger partial charge < -0.3 is 4.42 Å². The Morgan fingerprint density at radius 2 is 1.35 bits per heavy atom. The molecule has 0 aliphatic rings. The van der Waals surface area contributed by atoms with Crippen LogP contribution in [0.1, 0.15) is 33.8 Å². The third-order valence-electron chi connectivity index (χ3n) is 3.53. The summed E-state index contributed by atoms with van der Waals surface area (Å²) in [5, 5.41) is 0. The molecule has 2 rings (SSSR count). The molecule has 17 heavy (non-hydrogen) atoms. The van der Waals surface area contributed by atoms with Crippen LogP contribution in [0.25, 0.3) is 11.6 Å². The van der Waals surface area contributed by atoms with Crippen molar-refractivity contribution >= 4 is 0 Å². The largest absolute Gasteiger partial charge is 0.440 e. The van der Waals surface area contributed by atoms with E-state index in [2.05, 4.69) is 30.7 Å². The van der Waals surface area contributed by atoms with Crippen LogP contribution in [-0.2, 0) is 0 Å². The Morgan fingerprint density at radius 1 is 0.706 bits per heavy atom. The predicted molar refractivity (Wildman–Crippen MR) is 68.2 cm³/mol. The van der Waals surface area contributed by atoms with Gasteiger partial charge in [-0.1, -0.05) is 0 Å². The van der Waals surface area contributed by atoms with Gasteiger partial charge in [0.05, 0.1) is 5.69 Å². The van der Waals surface area contributed by atoms with Gasteiger partial charge >= 0.3 is 0 Å². The fraction of sp³-hybridized carbons (Fsp3) is 0.429. The van der Waals surface area contributed by atoms with Crippen LogP contribution in [0, 0.1) is 41.5 Å². The zero-order valence-corrected chi connectivity index (χ0v) is 11.3. The normalized spacial score (nSPS) is 10.9. The van der Waals surface area contributed by atoms with Crippen LogP contribution in [0.3, 0.4) is 0 Å². The maximum absolute atomic E-state index is 5.66. The molecule has 0 unspecified atom stereocenters. The first kappa shape index (κ1) is 11.8. The van der Waals surface area contributed by atoms with Crippen molar-refractivity contribution in [3.63, 3.8) is 0 Å². The average Bonchev–Trinajstić information content (AvgIpc) is 2.61. The van der Waals surface area contributed by atoms with E-state index in [1.54, 1.807) is 0 Å². The molecule has 3 nitrogen and oxygen atoms in total. The summed E-state index contributed by atoms with van der Waals surface area (Å²) in [6.45, 7) is 12.2. The Balaban J connectivity index is 2.68. The highest BCUT2D eigenvalue weighted by molar-refractivity contribution is 5.58. The molecule has 3 heteroatoms. The van der Waals surface area contributed by atoms with Gasteiger partial charge in [-0.2, -0.15) is 0 Å². The van der Waals surface area contributed by atoms with Crippen LogP contribution in [0.4, 0.5) is 0 Å². The Bertz CT molecular complexity index is 563. The molecule has 0 amide bonds. The van der Waals surface area contributed by atoms with Gasteiger partial charge in [0.15, 0.2) is 0 Å². The molecular weight excluding hydrogens is 212 g/mol. The highest BCUT2D eigenvalue weighted by atomic mass is 16.4. The molecule has 2 heterocycles. The van der Waals surface area contributed by atoms with Crippen molar-refractivity contribution in [1.29, 1.82) is 0 Å². The second kappa shape index (κ2) is 3.99. The van der Waals surface area contributed by atoms with E-state index >= 15 is 0 Å². The van der Waals surface area contributed by atoms with E-state index in [1.165, 1.54) is 11.1 Å². The first-order chi connectivity index (χ1) is 7.91. The topological polar surface area (TPSA) is 38.9 Å². The van der Waals surface area contributed by atoms with Crippen LogP contribution in [-0.4, -0.2) is 9.97 Å². The third-order valence-corrected chi connectivity index (χ3v) is 3.53. The minimum Gasteiger partial charge on any atom is -0.440 e. The summed E-state index contributed by atoms with van der Waals surface area (Å²) in [6, 6.07) is 0. The summed E-state index contributed by atoms with van der Waals surface area (Å²) in [6.07, 6.45) is 0. The van der Waals surface area contributed by atoms with E-state index in [-0.39, 0.29) is 0 Å². The van der Waals surface area contributed by atoms with Crippen LogP contribution in [0.5, 0.6) is 0 Å². The highest BCUT2D eigenvalue weighted by Gasteiger charge is 2.15. The number of rotatable bonds is 1. The first-order valence-electron chi connectivity index (χ1n) is 5.80. The van der Waals surface area contributed by atoms with Crippen molar-refractivity contribution in [3.05, 3.63) is 33.8 Å². The number of nitrogens with zero attached hydrogens (tertiary/aromatic N) is 2. The highest BCUT2D eigenvalue weighted by Crippen LogP contribution is 2.27. The first-order valence-corrected chi connectivity index (χ1v) is 5.80. The van der Waals surface area contributed by atoms with Gasteiger partial charge in [-0.3, -0.25) is 0 Å². The van der Waals surface area contributed by atoms with Gasteiger partial charge in [-0.25, -0.2) is 9.97 Å². The third kappa shape index (κ3) is 1.86. The molecule has 0 bridgehead atoms. The SMILES string of the molecule is Cc1nc(-c2nc(C)c(C)c(C)c2C)oc1C. The fourth-order valence-electron chi connectivity index (χ4n) is 1.85. The minimum absolute atomic E-state index is 0.628. The molecule has 0 aliphatic carbocycles. The zero-order chi connectivity index (χ0) is 12.7. The molecule has 0 aliphatic heterocycles. The summed E-state index contributed by atoms with van der Waals surface area (Å²) >= 11 is 0. The lowest BCUT2D eigenvalue weighted by Crippen LogP contribution is -1.99. The molecule has 2 aromatic rings. The molecule has 0 saturated carbocycles. The summed E-state index contributed by atoms with van der Waals surface area (Å²) in [4.78, 5) is 9.03. The Morgan fingerprint density at radius 3 is 1.88 bits per heavy atom. The summed E-state index contributed by atoms with van der Waals surface area (Å²) in [5.74, 6) is 1.49. The van der Waals surface area contributed by atoms with E-state index in [0.29, 0.717) is 5.89 Å². The standard InChI is InChI=1S/C14H18N2O/c1-7-8(2)10(4)15-13(9(7)3)14-16-11(5)12(6)17-14/h1-6H3. The number of pyridine rings is 1. The van der Waals surface area contributed by atoms with Gasteiger partial charge in [0.2, 0.25) is 5.89 Å². The molecule has 0 aromatic carbocycles. The Hall–Kier alpha value is -1.64. The number of hydrogen-bond donors (Lipinski definition) is 0. The summed E-state index contributed by atoms with van der Waals surface area (Å²) in [7, 11) is 0. The average molecular weight is 230 g/mol. The van der Waals surface area contributed by atoms with E-state index in [4.69, 9.17) is 4.42 Å². The quantitative estimate of drug-likeness (QED) is 0.751. The van der Waals surface area contributed by atoms with Crippen molar-refractivity contribution in [2.45, 2.75) is 41.5 Å². The van der Waals surface area contributed by atoms with Crippen molar-refractivity contribution in [1.82, 2.24) is 9.97 Å². The van der Waals surface area contributed by atoms with E-state index < -0.39 is 0 Å². The van der Waals surface area contributed by atoms with Gasteiger partial charge in [-0.05, 0) is 58.2 Å². The fourth-order valence-corrected chi connectivity index (χ4v) is 1.85. The molecule has 2 aromatic heterocycles. The smallest absolute Gasteiger partial charge is 0.245 e. The Kier molecular flexibility index (Phi) is 2.77. The lowest BCUT2D eigenvalue weighted by molar-refractivity contribution is 0.538. The molecule has 90 valence electrons. The number of hydrogen-bond acceptors (Lipinski definition) is 3. The predicted octanol–water partition coefficient (Wildman–Crippen LogP) is 3.59. The second-order valence-electron chi connectivity index (χ2n) is 4.58. The summed E-state index contributed by atoms with van der Waals surface area (Å²) < 4.78 is 5.66. The molecule has 0 radical (unpaired) electrons. The van der Waals surface area contributed by atoms with Crippen molar-refractivity contribution in [2.24, 2.45) is 0 Å². The molecule has 0 atom stereocenters. The van der Waals surface area contributed by atoms with Crippen molar-refractivity contribution in [2.75, 3.05) is 0 Å². The van der Waals surface area contributed by atoms with Crippen molar-refractivity contribution < 1.29 is 4.42 Å². The number of aromatic nitrogens is 2. The van der Waals surface area contributed by atoms with Crippen LogP contribution >= 0.6 is 0 Å². The molecular formula is C14H18N2O. The monoisotopic (exact) mass is 230 g/mol. The van der Waals surface area contributed by atoms with Crippen LogP contribution in [0.15, 0.2) is 4.42 Å². The van der Waals surface area contributed by atoms with Gasteiger partial charge in [0.25, 0.3) is 0 Å². The van der Waals surface area contributed by atoms with Crippen molar-refractivity contribution in [3.8, 4) is 11.6 Å². The zero-order valence-electron chi connectivity index (χ0n) is 11.3. The summed E-state index contributed by atoms with van der Waals surface area (Å²) in [5.41, 5.74) is 6.48. The molecule has 0 N–H and O–H groups in total. The Labute approximate surface area is 102 Å². The maximum Gasteiger partial charge on any atom is 0.245 e. The molecule has 0 saturated heterocycles. The lowest BCUT2D eigenvalue weighted by atomic mass is 10.0. The maximum atomic E-state index is 5.66. The second-order valence-corrected chi connectivity index (χ2v) is 4.58. The number of aryl methyl sites for hydroxylation is 3. The van der Waals surface area contributed by atoms with Gasteiger partial charge in [-0.15, -0.1) is 0 Å². The van der Waals surface area contributed by atoms with Gasteiger partial charge in [0.1, 0.15) is 11.5 Å². The molecule has 0 spiro atoms. The van der Waals surface area contributed by atoms with Gasteiger partial charge in [0, 0.05) is 5.69 Å². The minimum atomic E-state index is 0.628. The molecule has 0 fully saturated rings. The lowest BCUT2D eigenvalue weighted by Gasteiger charge is -2.10. The van der Waals surface area contributed by atoms with E-state index in [1.807, 2.05) is 20.8 Å². The van der Waals surface area contributed by atoms with Crippen LogP contribution < -0.4 is 0 Å². The van der Waals surface area contributed by atoms with Crippen LogP contribution in [0.2, 0.25) is 0 Å². The van der Waals surface area contributed by atoms with E-state index in [0.717, 1.165) is 28.4 Å². The van der Waals surface area contributed by atoms with E-state index in [9.17, 15) is 0 Å². The number of oxazole rings is 1.